The van der Waals surface area contributed by atoms with E-state index in [1.54, 1.807) is 24.3 Å². The standard InChI is InChI=1S/C29H29NO4/c31-24-6-3-22(4-7-24)27-11-5-23-20-25(32)8-12-28(23)29(27)19-21-1-9-26(10-2-21)34-18-15-30-13-16-33-17-14-30/h1-12,20,31-32H,13-19H2. The molecule has 0 aromatic heterocycles. The number of morpholine rings is 1. The fraction of sp³-hybridized carbons (Fsp3) is 0.241. The Morgan fingerprint density at radius 3 is 2.29 bits per heavy atom. The molecule has 1 aliphatic rings. The minimum Gasteiger partial charge on any atom is -0.508 e. The number of hydrogen-bond acceptors (Lipinski definition) is 5. The van der Waals surface area contributed by atoms with Gasteiger partial charge in [-0.3, -0.25) is 4.90 Å². The van der Waals surface area contributed by atoms with Gasteiger partial charge in [0.2, 0.25) is 0 Å². The molecule has 174 valence electrons. The number of hydrogen-bond donors (Lipinski definition) is 2. The Hall–Kier alpha value is -3.54. The van der Waals surface area contributed by atoms with Crippen molar-refractivity contribution >= 4 is 10.8 Å². The molecule has 4 aromatic carbocycles. The monoisotopic (exact) mass is 455 g/mol. The van der Waals surface area contributed by atoms with E-state index in [0.717, 1.165) is 66.9 Å². The van der Waals surface area contributed by atoms with Crippen LogP contribution in [-0.4, -0.2) is 54.6 Å². The van der Waals surface area contributed by atoms with Crippen molar-refractivity contribution in [2.24, 2.45) is 0 Å². The number of benzene rings is 4. The van der Waals surface area contributed by atoms with Gasteiger partial charge in [-0.15, -0.1) is 0 Å². The molecule has 0 unspecified atom stereocenters. The summed E-state index contributed by atoms with van der Waals surface area (Å²) in [5.74, 6) is 1.38. The highest BCUT2D eigenvalue weighted by atomic mass is 16.5. The molecule has 1 heterocycles. The lowest BCUT2D eigenvalue weighted by Crippen LogP contribution is -2.38. The van der Waals surface area contributed by atoms with Gasteiger partial charge in [-0.1, -0.05) is 42.5 Å². The fourth-order valence-corrected chi connectivity index (χ4v) is 4.51. The van der Waals surface area contributed by atoms with Crippen LogP contribution in [0.15, 0.2) is 78.9 Å². The van der Waals surface area contributed by atoms with E-state index in [1.807, 2.05) is 36.4 Å². The Labute approximate surface area is 199 Å². The van der Waals surface area contributed by atoms with E-state index in [9.17, 15) is 10.2 Å². The summed E-state index contributed by atoms with van der Waals surface area (Å²) in [6, 6.07) is 25.2. The maximum Gasteiger partial charge on any atom is 0.119 e. The summed E-state index contributed by atoms with van der Waals surface area (Å²) in [6.45, 7) is 5.10. The van der Waals surface area contributed by atoms with Crippen molar-refractivity contribution in [2.45, 2.75) is 6.42 Å². The number of fused-ring (bicyclic) bond motifs is 1. The first-order chi connectivity index (χ1) is 16.7. The van der Waals surface area contributed by atoms with Gasteiger partial charge >= 0.3 is 0 Å². The van der Waals surface area contributed by atoms with Crippen molar-refractivity contribution in [3.05, 3.63) is 90.0 Å². The van der Waals surface area contributed by atoms with Crippen LogP contribution < -0.4 is 4.74 Å². The minimum absolute atomic E-state index is 0.250. The van der Waals surface area contributed by atoms with E-state index in [-0.39, 0.29) is 11.5 Å². The number of phenolic OH excluding ortho intramolecular Hbond substituents is 2. The quantitative estimate of drug-likeness (QED) is 0.400. The highest BCUT2D eigenvalue weighted by molar-refractivity contribution is 5.93. The Bertz CT molecular complexity index is 1250. The third-order valence-corrected chi connectivity index (χ3v) is 6.38. The molecule has 0 bridgehead atoms. The fourth-order valence-electron chi connectivity index (χ4n) is 4.51. The van der Waals surface area contributed by atoms with Gasteiger partial charge in [-0.05, 0) is 75.8 Å². The molecule has 1 aliphatic heterocycles. The average Bonchev–Trinajstić information content (AvgIpc) is 2.86. The Kier molecular flexibility index (Phi) is 6.65. The molecule has 0 saturated carbocycles. The lowest BCUT2D eigenvalue weighted by Gasteiger charge is -2.26. The summed E-state index contributed by atoms with van der Waals surface area (Å²) in [7, 11) is 0. The minimum atomic E-state index is 0.250. The maximum absolute atomic E-state index is 9.96. The number of rotatable bonds is 7. The van der Waals surface area contributed by atoms with E-state index in [0.29, 0.717) is 6.61 Å². The third kappa shape index (κ3) is 5.16. The second kappa shape index (κ2) is 10.2. The molecule has 0 amide bonds. The van der Waals surface area contributed by atoms with Crippen LogP contribution in [0, 0.1) is 0 Å². The number of nitrogens with zero attached hydrogens (tertiary/aromatic N) is 1. The highest BCUT2D eigenvalue weighted by Gasteiger charge is 2.13. The zero-order chi connectivity index (χ0) is 23.3. The van der Waals surface area contributed by atoms with Crippen LogP contribution in [0.3, 0.4) is 0 Å². The van der Waals surface area contributed by atoms with E-state index in [1.165, 1.54) is 11.1 Å². The first kappa shape index (κ1) is 22.3. The largest absolute Gasteiger partial charge is 0.508 e. The highest BCUT2D eigenvalue weighted by Crippen LogP contribution is 2.34. The van der Waals surface area contributed by atoms with Crippen molar-refractivity contribution in [2.75, 3.05) is 39.5 Å². The second-order valence-corrected chi connectivity index (χ2v) is 8.67. The zero-order valence-electron chi connectivity index (χ0n) is 19.1. The summed E-state index contributed by atoms with van der Waals surface area (Å²) in [6.07, 6.45) is 0.742. The van der Waals surface area contributed by atoms with E-state index in [4.69, 9.17) is 9.47 Å². The van der Waals surface area contributed by atoms with Gasteiger partial charge in [0, 0.05) is 19.6 Å². The number of phenols is 2. The predicted octanol–water partition coefficient (Wildman–Crippen LogP) is 5.22. The van der Waals surface area contributed by atoms with Gasteiger partial charge in [0.25, 0.3) is 0 Å². The van der Waals surface area contributed by atoms with Crippen LogP contribution in [0.4, 0.5) is 0 Å². The summed E-state index contributed by atoms with van der Waals surface area (Å²) in [5.41, 5.74) is 4.53. The number of aromatic hydroxyl groups is 2. The molecule has 2 N–H and O–H groups in total. The Morgan fingerprint density at radius 1 is 0.794 bits per heavy atom. The lowest BCUT2D eigenvalue weighted by molar-refractivity contribution is 0.0322. The van der Waals surface area contributed by atoms with Crippen LogP contribution in [0.25, 0.3) is 21.9 Å². The molecular formula is C29H29NO4. The van der Waals surface area contributed by atoms with Crippen molar-refractivity contribution < 1.29 is 19.7 Å². The average molecular weight is 456 g/mol. The molecule has 0 aliphatic carbocycles. The van der Waals surface area contributed by atoms with Crippen molar-refractivity contribution in [3.8, 4) is 28.4 Å². The van der Waals surface area contributed by atoms with Crippen LogP contribution >= 0.6 is 0 Å². The van der Waals surface area contributed by atoms with Crippen LogP contribution in [0.1, 0.15) is 11.1 Å². The summed E-state index contributed by atoms with van der Waals surface area (Å²) >= 11 is 0. The molecule has 4 aromatic rings. The van der Waals surface area contributed by atoms with Crippen molar-refractivity contribution in [1.29, 1.82) is 0 Å². The third-order valence-electron chi connectivity index (χ3n) is 6.38. The Balaban J connectivity index is 1.36. The lowest BCUT2D eigenvalue weighted by atomic mass is 9.90. The van der Waals surface area contributed by atoms with Crippen LogP contribution in [-0.2, 0) is 11.2 Å². The van der Waals surface area contributed by atoms with E-state index in [2.05, 4.69) is 23.1 Å². The Morgan fingerprint density at radius 2 is 1.53 bits per heavy atom. The van der Waals surface area contributed by atoms with Crippen LogP contribution in [0.2, 0.25) is 0 Å². The number of ether oxygens (including phenoxy) is 2. The van der Waals surface area contributed by atoms with E-state index >= 15 is 0 Å². The second-order valence-electron chi connectivity index (χ2n) is 8.67. The summed E-state index contributed by atoms with van der Waals surface area (Å²) in [4.78, 5) is 2.36. The van der Waals surface area contributed by atoms with Gasteiger partial charge < -0.3 is 19.7 Å². The topological polar surface area (TPSA) is 62.2 Å². The first-order valence-corrected chi connectivity index (χ1v) is 11.7. The zero-order valence-corrected chi connectivity index (χ0v) is 19.1. The van der Waals surface area contributed by atoms with Gasteiger partial charge in [0.1, 0.15) is 23.9 Å². The summed E-state index contributed by atoms with van der Waals surface area (Å²) < 4.78 is 11.4. The molecule has 5 rings (SSSR count). The molecule has 0 radical (unpaired) electrons. The molecular weight excluding hydrogens is 426 g/mol. The molecule has 34 heavy (non-hydrogen) atoms. The normalized spacial score (nSPS) is 14.4. The van der Waals surface area contributed by atoms with Crippen molar-refractivity contribution in [1.82, 2.24) is 4.90 Å². The molecule has 5 nitrogen and oxygen atoms in total. The van der Waals surface area contributed by atoms with Gasteiger partial charge in [-0.25, -0.2) is 0 Å². The van der Waals surface area contributed by atoms with Gasteiger partial charge in [0.05, 0.1) is 13.2 Å². The first-order valence-electron chi connectivity index (χ1n) is 11.7. The predicted molar refractivity (Wildman–Crippen MR) is 135 cm³/mol. The smallest absolute Gasteiger partial charge is 0.119 e. The molecule has 1 fully saturated rings. The summed E-state index contributed by atoms with van der Waals surface area (Å²) in [5, 5.41) is 21.8. The SMILES string of the molecule is Oc1ccc(-c2ccc3cc(O)ccc3c2Cc2ccc(OCCN3CCOCC3)cc2)cc1. The van der Waals surface area contributed by atoms with Crippen LogP contribution in [0.5, 0.6) is 17.2 Å². The van der Waals surface area contributed by atoms with Crippen molar-refractivity contribution in [3.63, 3.8) is 0 Å². The maximum atomic E-state index is 9.96. The van der Waals surface area contributed by atoms with Gasteiger partial charge in [-0.2, -0.15) is 0 Å². The molecule has 0 atom stereocenters. The van der Waals surface area contributed by atoms with E-state index < -0.39 is 0 Å². The molecule has 1 saturated heterocycles. The molecule has 5 heteroatoms. The molecule has 0 spiro atoms. The van der Waals surface area contributed by atoms with Gasteiger partial charge in [0.15, 0.2) is 0 Å².